The number of ether oxygens (including phenoxy) is 1. The van der Waals surface area contributed by atoms with Crippen LogP contribution in [0.25, 0.3) is 0 Å². The largest absolute Gasteiger partial charge is 0.484 e. The van der Waals surface area contributed by atoms with Gasteiger partial charge in [0.25, 0.3) is 5.91 Å². The van der Waals surface area contributed by atoms with Gasteiger partial charge in [-0.1, -0.05) is 35.0 Å². The van der Waals surface area contributed by atoms with Crippen molar-refractivity contribution in [1.29, 1.82) is 0 Å². The number of aromatic nitrogens is 1. The molecule has 27 heavy (non-hydrogen) atoms. The summed E-state index contributed by atoms with van der Waals surface area (Å²) in [6.07, 6.45) is 7.37. The first-order chi connectivity index (χ1) is 13.0. The van der Waals surface area contributed by atoms with E-state index in [4.69, 9.17) is 20.9 Å². The summed E-state index contributed by atoms with van der Waals surface area (Å²) in [7, 11) is 0. The first-order valence-electron chi connectivity index (χ1n) is 8.63. The molecule has 7 heteroatoms. The average molecular weight is 391 g/mol. The number of carbonyl (C=O) groups excluding carboxylic acids is 1. The van der Waals surface area contributed by atoms with E-state index in [0.717, 1.165) is 12.5 Å². The molecule has 2 atom stereocenters. The number of amides is 1. The fraction of sp³-hybridized carbons (Fsp3) is 0.300. The first kappa shape index (κ1) is 19.2. The fourth-order valence-electron chi connectivity index (χ4n) is 3.08. The van der Waals surface area contributed by atoms with E-state index >= 15 is 0 Å². The number of hydrogen-bond acceptors (Lipinski definition) is 4. The van der Waals surface area contributed by atoms with Gasteiger partial charge < -0.3 is 14.2 Å². The molecular formula is C20H20ClFN2O3. The molecule has 0 N–H and O–H groups in total. The minimum absolute atomic E-state index is 0.0250. The molecular weight excluding hydrogens is 371 g/mol. The lowest BCUT2D eigenvalue weighted by Gasteiger charge is -2.36. The maximum absolute atomic E-state index is 13.1. The third-order valence-corrected chi connectivity index (χ3v) is 4.67. The molecule has 0 aliphatic carbocycles. The monoisotopic (exact) mass is 390 g/mol. The van der Waals surface area contributed by atoms with Crippen LogP contribution < -0.4 is 4.74 Å². The highest BCUT2D eigenvalue weighted by atomic mass is 35.5. The highest BCUT2D eigenvalue weighted by Crippen LogP contribution is 2.26. The first-order valence-corrected chi connectivity index (χ1v) is 9.01. The molecule has 0 spiro atoms. The van der Waals surface area contributed by atoms with Crippen LogP contribution in [0.15, 0.2) is 53.6 Å². The van der Waals surface area contributed by atoms with Crippen molar-refractivity contribution >= 4 is 17.5 Å². The van der Waals surface area contributed by atoms with E-state index in [1.54, 1.807) is 11.0 Å². The molecule has 1 aliphatic rings. The van der Waals surface area contributed by atoms with Crippen molar-refractivity contribution in [3.8, 4) is 5.75 Å². The molecule has 0 radical (unpaired) electrons. The van der Waals surface area contributed by atoms with Crippen LogP contribution in [0.2, 0.25) is 5.02 Å². The summed E-state index contributed by atoms with van der Waals surface area (Å²) in [5, 5.41) is 4.04. The minimum Gasteiger partial charge on any atom is -0.484 e. The van der Waals surface area contributed by atoms with E-state index < -0.39 is 5.82 Å². The molecule has 0 saturated heterocycles. The van der Waals surface area contributed by atoms with Gasteiger partial charge in [0.05, 0.1) is 5.02 Å². The van der Waals surface area contributed by atoms with Crippen LogP contribution in [0.1, 0.15) is 36.0 Å². The zero-order valence-corrected chi connectivity index (χ0v) is 15.7. The Balaban J connectivity index is 1.69. The molecule has 2 heterocycles. The zero-order chi connectivity index (χ0) is 19.4. The standard InChI is InChI=1S/C20H20ClFN2O3/c1-3-5-15-7-4-6-13(2)24(15)20(25)18-11-16(27-23-18)12-26-19-9-8-14(22)10-17(19)21/h3-4,6,8-11,13,15H,1,5,7,12H2,2H3/t13-,15-/m1/s1. The molecule has 2 aromatic rings. The Morgan fingerprint density at radius 2 is 2.33 bits per heavy atom. The van der Waals surface area contributed by atoms with E-state index in [0.29, 0.717) is 17.9 Å². The zero-order valence-electron chi connectivity index (χ0n) is 14.9. The van der Waals surface area contributed by atoms with Crippen LogP contribution >= 0.6 is 11.6 Å². The van der Waals surface area contributed by atoms with Crippen molar-refractivity contribution in [3.05, 3.63) is 71.4 Å². The van der Waals surface area contributed by atoms with Crippen molar-refractivity contribution < 1.29 is 18.4 Å². The molecule has 0 bridgehead atoms. The Hall–Kier alpha value is -2.60. The van der Waals surface area contributed by atoms with Crippen LogP contribution in [0.5, 0.6) is 5.75 Å². The molecule has 0 saturated carbocycles. The number of carbonyl (C=O) groups is 1. The number of hydrogen-bond donors (Lipinski definition) is 0. The molecule has 1 aliphatic heterocycles. The van der Waals surface area contributed by atoms with Crippen molar-refractivity contribution in [3.63, 3.8) is 0 Å². The number of benzene rings is 1. The van der Waals surface area contributed by atoms with E-state index in [1.807, 2.05) is 19.1 Å². The van der Waals surface area contributed by atoms with Gasteiger partial charge in [-0.05, 0) is 38.0 Å². The number of halogens is 2. The summed E-state index contributed by atoms with van der Waals surface area (Å²) in [6.45, 7) is 5.76. The summed E-state index contributed by atoms with van der Waals surface area (Å²) in [5.41, 5.74) is 0.218. The minimum atomic E-state index is -0.446. The van der Waals surface area contributed by atoms with Gasteiger partial charge in [0.15, 0.2) is 11.5 Å². The van der Waals surface area contributed by atoms with Gasteiger partial charge in [0, 0.05) is 18.2 Å². The van der Waals surface area contributed by atoms with Crippen LogP contribution in [0.3, 0.4) is 0 Å². The molecule has 0 fully saturated rings. The second-order valence-corrected chi connectivity index (χ2v) is 6.74. The molecule has 1 aromatic carbocycles. The van der Waals surface area contributed by atoms with Gasteiger partial charge in [-0.25, -0.2) is 4.39 Å². The van der Waals surface area contributed by atoms with Crippen molar-refractivity contribution in [2.24, 2.45) is 0 Å². The maximum Gasteiger partial charge on any atom is 0.276 e. The third kappa shape index (κ3) is 4.39. The van der Waals surface area contributed by atoms with Crippen LogP contribution in [-0.4, -0.2) is 28.0 Å². The number of nitrogens with zero attached hydrogens (tertiary/aromatic N) is 2. The Morgan fingerprint density at radius 3 is 3.07 bits per heavy atom. The predicted molar refractivity (Wildman–Crippen MR) is 100 cm³/mol. The highest BCUT2D eigenvalue weighted by Gasteiger charge is 2.31. The van der Waals surface area contributed by atoms with Crippen LogP contribution in [0, 0.1) is 5.82 Å². The predicted octanol–water partition coefficient (Wildman–Crippen LogP) is 4.78. The normalized spacial score (nSPS) is 19.1. The van der Waals surface area contributed by atoms with E-state index in [-0.39, 0.29) is 35.3 Å². The lowest BCUT2D eigenvalue weighted by Crippen LogP contribution is -2.47. The van der Waals surface area contributed by atoms with E-state index in [1.165, 1.54) is 12.1 Å². The summed E-state index contributed by atoms with van der Waals surface area (Å²) < 4.78 is 23.8. The number of rotatable bonds is 6. The molecule has 5 nitrogen and oxygen atoms in total. The van der Waals surface area contributed by atoms with Crippen molar-refractivity contribution in [2.75, 3.05) is 0 Å². The van der Waals surface area contributed by atoms with Crippen molar-refractivity contribution in [1.82, 2.24) is 10.1 Å². The summed E-state index contributed by atoms with van der Waals surface area (Å²) >= 11 is 5.93. The summed E-state index contributed by atoms with van der Waals surface area (Å²) in [5.74, 6) is 0.0505. The molecule has 1 aromatic heterocycles. The van der Waals surface area contributed by atoms with Crippen LogP contribution in [0.4, 0.5) is 4.39 Å². The van der Waals surface area contributed by atoms with Gasteiger partial charge in [0.2, 0.25) is 0 Å². The maximum atomic E-state index is 13.1. The van der Waals surface area contributed by atoms with Gasteiger partial charge >= 0.3 is 0 Å². The highest BCUT2D eigenvalue weighted by molar-refractivity contribution is 6.32. The lowest BCUT2D eigenvalue weighted by atomic mass is 10.00. The van der Waals surface area contributed by atoms with Crippen LogP contribution in [-0.2, 0) is 6.61 Å². The Labute approximate surface area is 162 Å². The summed E-state index contributed by atoms with van der Waals surface area (Å²) in [4.78, 5) is 14.7. The fourth-order valence-corrected chi connectivity index (χ4v) is 3.30. The molecule has 3 rings (SSSR count). The molecule has 0 unspecified atom stereocenters. The lowest BCUT2D eigenvalue weighted by molar-refractivity contribution is 0.0611. The Kier molecular flexibility index (Phi) is 5.96. The second kappa shape index (κ2) is 8.39. The Bertz CT molecular complexity index is 865. The van der Waals surface area contributed by atoms with E-state index in [9.17, 15) is 9.18 Å². The SMILES string of the molecule is C=CC[C@@H]1CC=C[C@@H](C)N1C(=O)c1cc(COc2ccc(F)cc2Cl)on1. The third-order valence-electron chi connectivity index (χ3n) is 4.37. The second-order valence-electron chi connectivity index (χ2n) is 6.34. The van der Waals surface area contributed by atoms with Gasteiger partial charge in [-0.3, -0.25) is 4.79 Å². The van der Waals surface area contributed by atoms with Gasteiger partial charge in [0.1, 0.15) is 18.2 Å². The summed E-state index contributed by atoms with van der Waals surface area (Å²) in [6, 6.07) is 5.41. The van der Waals surface area contributed by atoms with E-state index in [2.05, 4.69) is 17.8 Å². The Morgan fingerprint density at radius 1 is 1.52 bits per heavy atom. The van der Waals surface area contributed by atoms with Gasteiger partial charge in [-0.15, -0.1) is 6.58 Å². The molecule has 1 amide bonds. The molecule has 142 valence electrons. The topological polar surface area (TPSA) is 55.6 Å². The van der Waals surface area contributed by atoms with Crippen molar-refractivity contribution in [2.45, 2.75) is 38.5 Å². The quantitative estimate of drug-likeness (QED) is 0.666. The smallest absolute Gasteiger partial charge is 0.276 e. The van der Waals surface area contributed by atoms with Gasteiger partial charge in [-0.2, -0.15) is 0 Å². The average Bonchev–Trinajstić information content (AvgIpc) is 3.10.